The summed E-state index contributed by atoms with van der Waals surface area (Å²) in [5, 5.41) is 6.02. The molecule has 0 aliphatic rings. The van der Waals surface area contributed by atoms with Crippen LogP contribution in [0.5, 0.6) is 0 Å². The van der Waals surface area contributed by atoms with Crippen LogP contribution in [0.1, 0.15) is 21.1 Å². The summed E-state index contributed by atoms with van der Waals surface area (Å²) >= 11 is 1.63. The van der Waals surface area contributed by atoms with Gasteiger partial charge in [0, 0.05) is 49.4 Å². The van der Waals surface area contributed by atoms with E-state index >= 15 is 0 Å². The number of carbonyl (C=O) groups is 1. The lowest BCUT2D eigenvalue weighted by molar-refractivity contribution is 0.0954. The van der Waals surface area contributed by atoms with Gasteiger partial charge in [-0.25, -0.2) is 4.98 Å². The highest BCUT2D eigenvalue weighted by molar-refractivity contribution is 7.09. The fourth-order valence-corrected chi connectivity index (χ4v) is 2.60. The summed E-state index contributed by atoms with van der Waals surface area (Å²) in [6, 6.07) is 7.60. The first-order valence-electron chi connectivity index (χ1n) is 6.53. The molecule has 0 saturated heterocycles. The Bertz CT molecular complexity index is 592. The summed E-state index contributed by atoms with van der Waals surface area (Å²) < 4.78 is 0. The van der Waals surface area contributed by atoms with Gasteiger partial charge in [-0.1, -0.05) is 6.07 Å². The number of hydrogen-bond donors (Lipinski definition) is 1. The van der Waals surface area contributed by atoms with Crippen molar-refractivity contribution in [2.75, 3.05) is 25.5 Å². The molecule has 1 amide bonds. The second-order valence-corrected chi connectivity index (χ2v) is 5.78. The van der Waals surface area contributed by atoms with Crippen molar-refractivity contribution in [1.82, 2.24) is 10.3 Å². The fourth-order valence-electron chi connectivity index (χ4n) is 1.83. The zero-order valence-corrected chi connectivity index (χ0v) is 12.8. The molecule has 2 aromatic rings. The highest BCUT2D eigenvalue weighted by Gasteiger charge is 2.07. The predicted molar refractivity (Wildman–Crippen MR) is 83.7 cm³/mol. The van der Waals surface area contributed by atoms with Gasteiger partial charge in [0.05, 0.1) is 5.01 Å². The number of amides is 1. The van der Waals surface area contributed by atoms with Crippen LogP contribution in [0.4, 0.5) is 5.69 Å². The van der Waals surface area contributed by atoms with Crippen LogP contribution in [0.2, 0.25) is 0 Å². The summed E-state index contributed by atoms with van der Waals surface area (Å²) in [7, 11) is 3.92. The normalized spacial score (nSPS) is 10.3. The zero-order chi connectivity index (χ0) is 14.5. The minimum Gasteiger partial charge on any atom is -0.378 e. The molecule has 0 spiro atoms. The highest BCUT2D eigenvalue weighted by atomic mass is 32.1. The standard InChI is InChI=1S/C15H19N3OS/c1-11-10-20-14(17-11)7-8-16-15(19)12-5-4-6-13(9-12)18(2)3/h4-6,9-10H,7-8H2,1-3H3,(H,16,19). The maximum absolute atomic E-state index is 12.1. The molecule has 0 fully saturated rings. The van der Waals surface area contributed by atoms with E-state index in [-0.39, 0.29) is 5.91 Å². The number of benzene rings is 1. The third-order valence-electron chi connectivity index (χ3n) is 2.92. The number of thiazole rings is 1. The maximum Gasteiger partial charge on any atom is 0.251 e. The van der Waals surface area contributed by atoms with E-state index in [1.807, 2.05) is 55.6 Å². The van der Waals surface area contributed by atoms with E-state index in [1.54, 1.807) is 11.3 Å². The number of aromatic nitrogens is 1. The highest BCUT2D eigenvalue weighted by Crippen LogP contribution is 2.13. The molecular weight excluding hydrogens is 270 g/mol. The molecule has 1 heterocycles. The van der Waals surface area contributed by atoms with E-state index in [0.717, 1.165) is 22.8 Å². The van der Waals surface area contributed by atoms with Gasteiger partial charge in [0.15, 0.2) is 0 Å². The lowest BCUT2D eigenvalue weighted by atomic mass is 10.2. The summed E-state index contributed by atoms with van der Waals surface area (Å²) in [6.45, 7) is 2.59. The largest absolute Gasteiger partial charge is 0.378 e. The maximum atomic E-state index is 12.1. The molecule has 0 aliphatic heterocycles. The lowest BCUT2D eigenvalue weighted by Gasteiger charge is -2.13. The Labute approximate surface area is 123 Å². The molecule has 2 rings (SSSR count). The predicted octanol–water partition coefficient (Wildman–Crippen LogP) is 2.49. The van der Waals surface area contributed by atoms with Crippen LogP contribution in [0.25, 0.3) is 0 Å². The zero-order valence-electron chi connectivity index (χ0n) is 12.0. The van der Waals surface area contributed by atoms with Gasteiger partial charge >= 0.3 is 0 Å². The van der Waals surface area contributed by atoms with E-state index in [4.69, 9.17) is 0 Å². The average Bonchev–Trinajstić information content (AvgIpc) is 2.84. The molecule has 1 N–H and O–H groups in total. The Balaban J connectivity index is 1.90. The van der Waals surface area contributed by atoms with Gasteiger partial charge in [-0.2, -0.15) is 0 Å². The van der Waals surface area contributed by atoms with Crippen LogP contribution in [0.3, 0.4) is 0 Å². The third-order valence-corrected chi connectivity index (χ3v) is 3.94. The number of rotatable bonds is 5. The van der Waals surface area contributed by atoms with Gasteiger partial charge in [0.2, 0.25) is 0 Å². The summed E-state index contributed by atoms with van der Waals surface area (Å²) in [5.41, 5.74) is 2.75. The fraction of sp³-hybridized carbons (Fsp3) is 0.333. The van der Waals surface area contributed by atoms with Crippen LogP contribution < -0.4 is 10.2 Å². The first-order valence-corrected chi connectivity index (χ1v) is 7.41. The summed E-state index contributed by atoms with van der Waals surface area (Å²) in [5.74, 6) is -0.0398. The number of carbonyl (C=O) groups excluding carboxylic acids is 1. The van der Waals surface area contributed by atoms with Crippen LogP contribution in [-0.2, 0) is 6.42 Å². The summed E-state index contributed by atoms with van der Waals surface area (Å²) in [6.07, 6.45) is 0.775. The van der Waals surface area contributed by atoms with Gasteiger partial charge < -0.3 is 10.2 Å². The van der Waals surface area contributed by atoms with Gasteiger partial charge in [-0.15, -0.1) is 11.3 Å². The van der Waals surface area contributed by atoms with Crippen molar-refractivity contribution < 1.29 is 4.79 Å². The third kappa shape index (κ3) is 3.81. The van der Waals surface area contributed by atoms with Crippen molar-refractivity contribution in [3.63, 3.8) is 0 Å². The molecule has 0 atom stereocenters. The first-order chi connectivity index (χ1) is 9.56. The molecule has 0 bridgehead atoms. The lowest BCUT2D eigenvalue weighted by Crippen LogP contribution is -2.25. The van der Waals surface area contributed by atoms with Gasteiger partial charge in [0.1, 0.15) is 0 Å². The van der Waals surface area contributed by atoms with Gasteiger partial charge in [0.25, 0.3) is 5.91 Å². The second kappa shape index (κ2) is 6.52. The Morgan fingerprint density at radius 3 is 2.85 bits per heavy atom. The quantitative estimate of drug-likeness (QED) is 0.920. The van der Waals surface area contributed by atoms with Crippen LogP contribution in [0.15, 0.2) is 29.6 Å². The van der Waals surface area contributed by atoms with Gasteiger partial charge in [-0.05, 0) is 25.1 Å². The molecule has 0 unspecified atom stereocenters. The van der Waals surface area contributed by atoms with Crippen molar-refractivity contribution in [3.8, 4) is 0 Å². The summed E-state index contributed by atoms with van der Waals surface area (Å²) in [4.78, 5) is 18.4. The molecule has 0 aliphatic carbocycles. The second-order valence-electron chi connectivity index (χ2n) is 4.83. The van der Waals surface area contributed by atoms with E-state index in [2.05, 4.69) is 10.3 Å². The molecule has 5 heteroatoms. The van der Waals surface area contributed by atoms with E-state index in [0.29, 0.717) is 12.1 Å². The average molecular weight is 289 g/mol. The van der Waals surface area contributed by atoms with Gasteiger partial charge in [-0.3, -0.25) is 4.79 Å². The van der Waals surface area contributed by atoms with Crippen molar-refractivity contribution >= 4 is 22.9 Å². The number of nitrogens with zero attached hydrogens (tertiary/aromatic N) is 2. The minimum atomic E-state index is -0.0398. The van der Waals surface area contributed by atoms with E-state index in [9.17, 15) is 4.79 Å². The number of hydrogen-bond acceptors (Lipinski definition) is 4. The SMILES string of the molecule is Cc1csc(CCNC(=O)c2cccc(N(C)C)c2)n1. The molecule has 4 nitrogen and oxygen atoms in total. The Hall–Kier alpha value is -1.88. The number of nitrogens with one attached hydrogen (secondary N) is 1. The van der Waals surface area contributed by atoms with Crippen molar-refractivity contribution in [1.29, 1.82) is 0 Å². The van der Waals surface area contributed by atoms with Crippen LogP contribution in [0, 0.1) is 6.92 Å². The monoisotopic (exact) mass is 289 g/mol. The molecule has 20 heavy (non-hydrogen) atoms. The Morgan fingerprint density at radius 2 is 2.20 bits per heavy atom. The van der Waals surface area contributed by atoms with Crippen molar-refractivity contribution in [2.45, 2.75) is 13.3 Å². The molecule has 106 valence electrons. The molecule has 1 aromatic heterocycles. The molecule has 0 saturated carbocycles. The van der Waals surface area contributed by atoms with Crippen LogP contribution >= 0.6 is 11.3 Å². The van der Waals surface area contributed by atoms with E-state index in [1.165, 1.54) is 0 Å². The van der Waals surface area contributed by atoms with Crippen LogP contribution in [-0.4, -0.2) is 31.5 Å². The number of aryl methyl sites for hydroxylation is 1. The molecular formula is C15H19N3OS. The number of anilines is 1. The Kier molecular flexibility index (Phi) is 4.74. The minimum absolute atomic E-state index is 0.0398. The molecule has 1 aromatic carbocycles. The smallest absolute Gasteiger partial charge is 0.251 e. The van der Waals surface area contributed by atoms with Crippen molar-refractivity contribution in [3.05, 3.63) is 45.9 Å². The molecule has 0 radical (unpaired) electrons. The van der Waals surface area contributed by atoms with E-state index < -0.39 is 0 Å². The Morgan fingerprint density at radius 1 is 1.40 bits per heavy atom. The first kappa shape index (κ1) is 14.5. The van der Waals surface area contributed by atoms with Crippen molar-refractivity contribution in [2.24, 2.45) is 0 Å². The topological polar surface area (TPSA) is 45.2 Å².